The van der Waals surface area contributed by atoms with Crippen LogP contribution < -0.4 is 10.9 Å². The van der Waals surface area contributed by atoms with Crippen LogP contribution in [0.2, 0.25) is 0 Å². The molecule has 2 aromatic rings. The standard InChI is InChI=1S/C19H27N3O2S2/c1-6-22-17(24)14-12-9-7-8-10-13(12)26-16(14)20-18(22)25-11(2)15(23)21-19(3,4)5/h11H,6-10H2,1-5H3,(H,21,23)/t11-/m0/s1. The second-order valence-corrected chi connectivity index (χ2v) is 10.2. The molecule has 5 nitrogen and oxygen atoms in total. The minimum Gasteiger partial charge on any atom is -0.351 e. The molecule has 0 saturated carbocycles. The summed E-state index contributed by atoms with van der Waals surface area (Å²) in [5, 5.41) is 4.13. The van der Waals surface area contributed by atoms with Crippen molar-refractivity contribution >= 4 is 39.2 Å². The Kier molecular flexibility index (Phi) is 5.49. The van der Waals surface area contributed by atoms with Gasteiger partial charge in [-0.25, -0.2) is 4.98 Å². The SMILES string of the molecule is CCn1c(S[C@@H](C)C(=O)NC(C)(C)C)nc2sc3c(c2c1=O)CCCC3. The van der Waals surface area contributed by atoms with Gasteiger partial charge in [-0.3, -0.25) is 14.2 Å². The van der Waals surface area contributed by atoms with Gasteiger partial charge in [0, 0.05) is 17.0 Å². The number of amides is 1. The second kappa shape index (κ2) is 7.35. The molecule has 1 aliphatic rings. The summed E-state index contributed by atoms with van der Waals surface area (Å²) in [7, 11) is 0. The molecule has 0 saturated heterocycles. The maximum atomic E-state index is 13.1. The lowest BCUT2D eigenvalue weighted by Crippen LogP contribution is -2.44. The molecule has 1 N–H and O–H groups in total. The van der Waals surface area contributed by atoms with Crippen molar-refractivity contribution in [3.8, 4) is 0 Å². The van der Waals surface area contributed by atoms with Crippen molar-refractivity contribution in [1.29, 1.82) is 0 Å². The van der Waals surface area contributed by atoms with E-state index in [0.29, 0.717) is 11.7 Å². The maximum Gasteiger partial charge on any atom is 0.263 e. The Hall–Kier alpha value is -1.34. The molecular weight excluding hydrogens is 366 g/mol. The maximum absolute atomic E-state index is 13.1. The fourth-order valence-electron chi connectivity index (χ4n) is 3.27. The molecular formula is C19H27N3O2S2. The number of carbonyl (C=O) groups excluding carboxylic acids is 1. The van der Waals surface area contributed by atoms with Gasteiger partial charge in [-0.05, 0) is 65.9 Å². The summed E-state index contributed by atoms with van der Waals surface area (Å²) in [5.41, 5.74) is 0.981. The first kappa shape index (κ1) is 19.4. The highest BCUT2D eigenvalue weighted by atomic mass is 32.2. The fraction of sp³-hybridized carbons (Fsp3) is 0.632. The zero-order valence-corrected chi connectivity index (χ0v) is 17.8. The van der Waals surface area contributed by atoms with Crippen LogP contribution in [0, 0.1) is 0 Å². The zero-order valence-electron chi connectivity index (χ0n) is 16.1. The van der Waals surface area contributed by atoms with E-state index in [1.165, 1.54) is 28.6 Å². The van der Waals surface area contributed by atoms with Crippen LogP contribution in [0.4, 0.5) is 0 Å². The lowest BCUT2D eigenvalue weighted by molar-refractivity contribution is -0.121. The van der Waals surface area contributed by atoms with Crippen LogP contribution in [0.3, 0.4) is 0 Å². The molecule has 0 bridgehead atoms. The van der Waals surface area contributed by atoms with Crippen LogP contribution in [0.5, 0.6) is 0 Å². The average Bonchev–Trinajstić information content (AvgIpc) is 2.91. The van der Waals surface area contributed by atoms with E-state index in [-0.39, 0.29) is 22.3 Å². The van der Waals surface area contributed by atoms with Gasteiger partial charge in [0.1, 0.15) is 4.83 Å². The number of hydrogen-bond acceptors (Lipinski definition) is 5. The van der Waals surface area contributed by atoms with Gasteiger partial charge in [0.2, 0.25) is 5.91 Å². The first-order valence-electron chi connectivity index (χ1n) is 9.25. The summed E-state index contributed by atoms with van der Waals surface area (Å²) < 4.78 is 1.72. The van der Waals surface area contributed by atoms with Crippen molar-refractivity contribution < 1.29 is 4.79 Å². The van der Waals surface area contributed by atoms with Gasteiger partial charge in [-0.1, -0.05) is 11.8 Å². The Morgan fingerprint density at radius 3 is 2.69 bits per heavy atom. The van der Waals surface area contributed by atoms with Gasteiger partial charge in [0.05, 0.1) is 10.6 Å². The predicted molar refractivity (Wildman–Crippen MR) is 109 cm³/mol. The quantitative estimate of drug-likeness (QED) is 0.635. The first-order chi connectivity index (χ1) is 12.2. The molecule has 142 valence electrons. The summed E-state index contributed by atoms with van der Waals surface area (Å²) in [6, 6.07) is 0. The molecule has 0 spiro atoms. The average molecular weight is 394 g/mol. The molecule has 26 heavy (non-hydrogen) atoms. The fourth-order valence-corrected chi connectivity index (χ4v) is 5.55. The number of rotatable bonds is 4. The molecule has 7 heteroatoms. The third-order valence-corrected chi connectivity index (χ3v) is 6.78. The summed E-state index contributed by atoms with van der Waals surface area (Å²) >= 11 is 3.02. The smallest absolute Gasteiger partial charge is 0.263 e. The Bertz CT molecular complexity index is 893. The normalized spacial score (nSPS) is 15.7. The molecule has 0 fully saturated rings. The van der Waals surface area contributed by atoms with Crippen molar-refractivity contribution in [1.82, 2.24) is 14.9 Å². The minimum absolute atomic E-state index is 0.0371. The molecule has 1 aliphatic carbocycles. The third kappa shape index (κ3) is 3.83. The van der Waals surface area contributed by atoms with Crippen LogP contribution >= 0.6 is 23.1 Å². The Morgan fingerprint density at radius 1 is 1.35 bits per heavy atom. The van der Waals surface area contributed by atoms with E-state index in [1.807, 2.05) is 34.6 Å². The highest BCUT2D eigenvalue weighted by Gasteiger charge is 2.25. The Labute approximate surface area is 162 Å². The van der Waals surface area contributed by atoms with Crippen molar-refractivity contribution in [2.45, 2.75) is 82.8 Å². The molecule has 0 unspecified atom stereocenters. The number of carbonyl (C=O) groups is 1. The molecule has 1 atom stereocenters. The summed E-state index contributed by atoms with van der Waals surface area (Å²) in [4.78, 5) is 32.5. The largest absolute Gasteiger partial charge is 0.351 e. The van der Waals surface area contributed by atoms with E-state index in [0.717, 1.165) is 29.5 Å². The van der Waals surface area contributed by atoms with Crippen LogP contribution in [-0.2, 0) is 24.2 Å². The monoisotopic (exact) mass is 393 g/mol. The van der Waals surface area contributed by atoms with Crippen molar-refractivity contribution in [2.24, 2.45) is 0 Å². The van der Waals surface area contributed by atoms with E-state index in [9.17, 15) is 9.59 Å². The summed E-state index contributed by atoms with van der Waals surface area (Å²) in [5.74, 6) is -0.0371. The van der Waals surface area contributed by atoms with E-state index >= 15 is 0 Å². The van der Waals surface area contributed by atoms with Crippen LogP contribution in [-0.4, -0.2) is 26.2 Å². The van der Waals surface area contributed by atoms with Gasteiger partial charge in [0.25, 0.3) is 5.56 Å². The van der Waals surface area contributed by atoms with Crippen molar-refractivity contribution in [2.75, 3.05) is 0 Å². The molecule has 2 heterocycles. The first-order valence-corrected chi connectivity index (χ1v) is 10.9. The van der Waals surface area contributed by atoms with Gasteiger partial charge >= 0.3 is 0 Å². The summed E-state index contributed by atoms with van der Waals surface area (Å²) in [6.07, 6.45) is 4.36. The number of aromatic nitrogens is 2. The van der Waals surface area contributed by atoms with E-state index in [4.69, 9.17) is 4.98 Å². The van der Waals surface area contributed by atoms with Gasteiger partial charge in [-0.15, -0.1) is 11.3 Å². The molecule has 0 radical (unpaired) electrons. The Morgan fingerprint density at radius 2 is 2.04 bits per heavy atom. The lowest BCUT2D eigenvalue weighted by atomic mass is 9.97. The van der Waals surface area contributed by atoms with E-state index < -0.39 is 0 Å². The topological polar surface area (TPSA) is 64.0 Å². The molecule has 0 aromatic carbocycles. The number of thiophene rings is 1. The zero-order chi connectivity index (χ0) is 19.1. The minimum atomic E-state index is -0.314. The van der Waals surface area contributed by atoms with Crippen molar-refractivity contribution in [3.63, 3.8) is 0 Å². The lowest BCUT2D eigenvalue weighted by Gasteiger charge is -2.23. The number of aryl methyl sites for hydroxylation is 2. The van der Waals surface area contributed by atoms with Crippen LogP contribution in [0.15, 0.2) is 9.95 Å². The molecule has 2 aromatic heterocycles. The second-order valence-electron chi connectivity index (χ2n) is 7.83. The highest BCUT2D eigenvalue weighted by molar-refractivity contribution is 8.00. The Balaban J connectivity index is 1.98. The van der Waals surface area contributed by atoms with Gasteiger partial charge in [0.15, 0.2) is 5.16 Å². The predicted octanol–water partition coefficient (Wildman–Crippen LogP) is 3.75. The number of hydrogen-bond donors (Lipinski definition) is 1. The van der Waals surface area contributed by atoms with Crippen LogP contribution in [0.25, 0.3) is 10.2 Å². The van der Waals surface area contributed by atoms with Crippen LogP contribution in [0.1, 0.15) is 57.9 Å². The van der Waals surface area contributed by atoms with Gasteiger partial charge < -0.3 is 5.32 Å². The summed E-state index contributed by atoms with van der Waals surface area (Å²) in [6.45, 7) is 10.3. The van der Waals surface area contributed by atoms with E-state index in [2.05, 4.69) is 5.32 Å². The molecule has 3 rings (SSSR count). The van der Waals surface area contributed by atoms with Crippen molar-refractivity contribution in [3.05, 3.63) is 20.8 Å². The van der Waals surface area contributed by atoms with E-state index in [1.54, 1.807) is 15.9 Å². The number of nitrogens with zero attached hydrogens (tertiary/aromatic N) is 2. The third-order valence-electron chi connectivity index (χ3n) is 4.51. The van der Waals surface area contributed by atoms with Gasteiger partial charge in [-0.2, -0.15) is 0 Å². The molecule has 1 amide bonds. The number of fused-ring (bicyclic) bond motifs is 3. The highest BCUT2D eigenvalue weighted by Crippen LogP contribution is 2.35. The number of nitrogens with one attached hydrogen (secondary N) is 1. The molecule has 0 aliphatic heterocycles. The number of thioether (sulfide) groups is 1.